The predicted octanol–water partition coefficient (Wildman–Crippen LogP) is 7.60. The number of thiophene rings is 1. The summed E-state index contributed by atoms with van der Waals surface area (Å²) in [4.78, 5) is 5.17. The lowest BCUT2D eigenvalue weighted by atomic mass is 9.45. The molecule has 6 heterocycles. The zero-order valence-electron chi connectivity index (χ0n) is 21.2. The first-order chi connectivity index (χ1) is 19.9. The number of pyridine rings is 1. The molecule has 5 heteroatoms. The van der Waals surface area contributed by atoms with Crippen molar-refractivity contribution in [1.82, 2.24) is 14.0 Å². The summed E-state index contributed by atoms with van der Waals surface area (Å²) in [7, 11) is 0. The van der Waals surface area contributed by atoms with E-state index in [-0.39, 0.29) is 6.85 Å². The van der Waals surface area contributed by atoms with Gasteiger partial charge in [-0.25, -0.2) is 0 Å². The molecule has 182 valence electrons. The highest BCUT2D eigenvalue weighted by atomic mass is 32.1. The van der Waals surface area contributed by atoms with Gasteiger partial charge in [0, 0.05) is 64.7 Å². The van der Waals surface area contributed by atoms with E-state index in [2.05, 4.69) is 112 Å². The number of benzene rings is 5. The lowest BCUT2D eigenvalue weighted by molar-refractivity contribution is 1.18. The molecule has 0 bridgehead atoms. The van der Waals surface area contributed by atoms with Crippen molar-refractivity contribution in [3.63, 3.8) is 0 Å². The number of rotatable bonds is 0. The molecule has 0 spiro atoms. The minimum absolute atomic E-state index is 0.0627. The number of aromatic nitrogens is 3. The predicted molar refractivity (Wildman–Crippen MR) is 170 cm³/mol. The van der Waals surface area contributed by atoms with E-state index in [1.165, 1.54) is 86.0 Å². The van der Waals surface area contributed by atoms with Crippen molar-refractivity contribution in [3.8, 4) is 16.9 Å². The normalized spacial score (nSPS) is 13.4. The van der Waals surface area contributed by atoms with Crippen LogP contribution in [0.25, 0.3) is 80.7 Å². The van der Waals surface area contributed by atoms with Crippen molar-refractivity contribution >= 4 is 92.9 Å². The van der Waals surface area contributed by atoms with Crippen LogP contribution in [-0.2, 0) is 0 Å². The van der Waals surface area contributed by atoms with Crippen LogP contribution in [0, 0.1) is 0 Å². The molecule has 0 fully saturated rings. The van der Waals surface area contributed by atoms with E-state index in [1.54, 1.807) is 0 Å². The molecule has 0 radical (unpaired) electrons. The Morgan fingerprint density at radius 2 is 1.35 bits per heavy atom. The molecule has 0 amide bonds. The molecule has 3 nitrogen and oxygen atoms in total. The molecule has 4 aromatic heterocycles. The first kappa shape index (κ1) is 20.1. The van der Waals surface area contributed by atoms with Gasteiger partial charge in [0.05, 0.1) is 22.2 Å². The van der Waals surface area contributed by atoms with E-state index in [4.69, 9.17) is 4.98 Å². The van der Waals surface area contributed by atoms with E-state index >= 15 is 0 Å². The maximum atomic E-state index is 5.17. The van der Waals surface area contributed by atoms with E-state index < -0.39 is 0 Å². The monoisotopic (exact) mass is 523 g/mol. The molecule has 11 rings (SSSR count). The highest BCUT2D eigenvalue weighted by Gasteiger charge is 2.42. The van der Waals surface area contributed by atoms with Crippen molar-refractivity contribution in [3.05, 3.63) is 109 Å². The second kappa shape index (κ2) is 6.64. The fourth-order valence-electron chi connectivity index (χ4n) is 7.93. The van der Waals surface area contributed by atoms with Gasteiger partial charge in [-0.1, -0.05) is 72.8 Å². The average molecular weight is 523 g/mol. The van der Waals surface area contributed by atoms with Crippen LogP contribution in [0.15, 0.2) is 109 Å². The third-order valence-corrected chi connectivity index (χ3v) is 10.5. The van der Waals surface area contributed by atoms with Crippen molar-refractivity contribution in [1.29, 1.82) is 0 Å². The molecule has 2 aliphatic heterocycles. The zero-order chi connectivity index (χ0) is 25.7. The lowest BCUT2D eigenvalue weighted by Gasteiger charge is -2.34. The molecule has 2 aliphatic rings. The van der Waals surface area contributed by atoms with Crippen LogP contribution in [0.1, 0.15) is 0 Å². The third kappa shape index (κ3) is 2.08. The molecule has 0 N–H and O–H groups in total. The van der Waals surface area contributed by atoms with Crippen LogP contribution >= 0.6 is 11.3 Å². The highest BCUT2D eigenvalue weighted by molar-refractivity contribution is 7.26. The number of para-hydroxylation sites is 3. The summed E-state index contributed by atoms with van der Waals surface area (Å²) in [5.74, 6) is 0. The number of hydrogen-bond donors (Lipinski definition) is 0. The van der Waals surface area contributed by atoms with Crippen LogP contribution < -0.4 is 10.9 Å². The summed E-state index contributed by atoms with van der Waals surface area (Å²) in [6, 6.07) is 38.2. The summed E-state index contributed by atoms with van der Waals surface area (Å²) in [6.45, 7) is 0.0627. The van der Waals surface area contributed by atoms with Gasteiger partial charge in [0.25, 0.3) is 0 Å². The standard InChI is InChI=1S/C35H18BN3S/c1-4-13-25-19(8-1)21-11-7-12-24-34(21)38(25)27-18-29-30(23-10-3-6-15-28(23)40-29)31-32(27)36(24)39-26-14-5-2-9-20(26)22-16-17-37-33(31)35(22)39/h1-18H. The minimum Gasteiger partial charge on any atom is -0.374 e. The Balaban J connectivity index is 1.50. The first-order valence-corrected chi connectivity index (χ1v) is 14.6. The van der Waals surface area contributed by atoms with Gasteiger partial charge in [-0.05, 0) is 41.3 Å². The fraction of sp³-hybridized carbons (Fsp3) is 0. The van der Waals surface area contributed by atoms with Gasteiger partial charge >= 0.3 is 6.85 Å². The Bertz CT molecular complexity index is 2620. The van der Waals surface area contributed by atoms with Crippen LogP contribution in [0.4, 0.5) is 0 Å². The summed E-state index contributed by atoms with van der Waals surface area (Å²) in [5, 5.41) is 7.86. The van der Waals surface area contributed by atoms with Gasteiger partial charge in [0.1, 0.15) is 0 Å². The maximum Gasteiger partial charge on any atom is 0.333 e. The van der Waals surface area contributed by atoms with Crippen LogP contribution in [-0.4, -0.2) is 20.9 Å². The Morgan fingerprint density at radius 1 is 0.625 bits per heavy atom. The van der Waals surface area contributed by atoms with E-state index in [1.807, 2.05) is 17.5 Å². The molecular weight excluding hydrogens is 505 g/mol. The molecule has 0 saturated carbocycles. The number of nitrogens with zero attached hydrogens (tertiary/aromatic N) is 3. The second-order valence-corrected chi connectivity index (χ2v) is 12.2. The zero-order valence-corrected chi connectivity index (χ0v) is 22.0. The van der Waals surface area contributed by atoms with Gasteiger partial charge in [-0.15, -0.1) is 11.3 Å². The van der Waals surface area contributed by atoms with Crippen molar-refractivity contribution in [2.75, 3.05) is 0 Å². The smallest absolute Gasteiger partial charge is 0.333 e. The fourth-order valence-corrected chi connectivity index (χ4v) is 9.08. The Labute approximate surface area is 232 Å². The molecule has 0 atom stereocenters. The molecule has 5 aromatic carbocycles. The van der Waals surface area contributed by atoms with Crippen molar-refractivity contribution in [2.45, 2.75) is 0 Å². The average Bonchev–Trinajstić information content (AvgIpc) is 3.66. The highest BCUT2D eigenvalue weighted by Crippen LogP contribution is 2.47. The summed E-state index contributed by atoms with van der Waals surface area (Å²) < 4.78 is 7.78. The maximum absolute atomic E-state index is 5.17. The molecule has 9 aromatic rings. The van der Waals surface area contributed by atoms with E-state index in [9.17, 15) is 0 Å². The van der Waals surface area contributed by atoms with Gasteiger partial charge in [0.2, 0.25) is 0 Å². The van der Waals surface area contributed by atoms with Gasteiger partial charge in [0.15, 0.2) is 0 Å². The Hall–Kier alpha value is -4.87. The Morgan fingerprint density at radius 3 is 2.25 bits per heavy atom. The summed E-state index contributed by atoms with van der Waals surface area (Å²) >= 11 is 1.90. The first-order valence-electron chi connectivity index (χ1n) is 13.8. The van der Waals surface area contributed by atoms with E-state index in [0.717, 1.165) is 5.69 Å². The molecule has 0 saturated heterocycles. The third-order valence-electron chi connectivity index (χ3n) is 9.33. The SMILES string of the molecule is c1ccc2c(c1)sc1cc3c4c(c12)-c1nccc2c5ccccc5n(c12)B4c1cccc2c4ccccc4n-3c12. The molecule has 0 unspecified atom stereocenters. The van der Waals surface area contributed by atoms with Gasteiger partial charge < -0.3 is 9.05 Å². The van der Waals surface area contributed by atoms with Crippen molar-refractivity contribution in [2.24, 2.45) is 0 Å². The summed E-state index contributed by atoms with van der Waals surface area (Å²) in [5.41, 5.74) is 11.5. The molecule has 0 aliphatic carbocycles. The number of fused-ring (bicyclic) bond motifs is 14. The van der Waals surface area contributed by atoms with E-state index in [0.29, 0.717) is 0 Å². The lowest BCUT2D eigenvalue weighted by Crippen LogP contribution is -2.55. The Kier molecular flexibility index (Phi) is 3.34. The largest absolute Gasteiger partial charge is 0.374 e. The van der Waals surface area contributed by atoms with Crippen LogP contribution in [0.5, 0.6) is 0 Å². The van der Waals surface area contributed by atoms with Crippen molar-refractivity contribution < 1.29 is 0 Å². The van der Waals surface area contributed by atoms with Gasteiger partial charge in [-0.3, -0.25) is 4.98 Å². The second-order valence-electron chi connectivity index (χ2n) is 11.1. The van der Waals surface area contributed by atoms with Crippen LogP contribution in [0.3, 0.4) is 0 Å². The molecular formula is C35H18BN3S. The minimum atomic E-state index is 0.0627. The van der Waals surface area contributed by atoms with Gasteiger partial charge in [-0.2, -0.15) is 0 Å². The summed E-state index contributed by atoms with van der Waals surface area (Å²) in [6.07, 6.45) is 2.01. The number of hydrogen-bond acceptors (Lipinski definition) is 2. The quantitative estimate of drug-likeness (QED) is 0.188. The molecule has 40 heavy (non-hydrogen) atoms. The topological polar surface area (TPSA) is 22.8 Å². The van der Waals surface area contributed by atoms with Crippen LogP contribution in [0.2, 0.25) is 0 Å².